The van der Waals surface area contributed by atoms with Crippen molar-refractivity contribution >= 4 is 24.3 Å². The number of fused-ring (bicyclic) bond motifs is 1. The maximum absolute atomic E-state index is 11.5. The molecule has 2 fully saturated rings. The maximum atomic E-state index is 11.5. The first-order valence-electron chi connectivity index (χ1n) is 5.63. The van der Waals surface area contributed by atoms with E-state index in [0.717, 1.165) is 26.2 Å². The summed E-state index contributed by atoms with van der Waals surface area (Å²) in [5, 5.41) is 7.99. The predicted octanol–water partition coefficient (Wildman–Crippen LogP) is -0.985. The van der Waals surface area contributed by atoms with Crippen LogP contribution in [-0.2, 0) is 4.79 Å². The summed E-state index contributed by atoms with van der Waals surface area (Å²) in [5.74, 6) is 1.12. The lowest BCUT2D eigenvalue weighted by molar-refractivity contribution is -0.121. The van der Waals surface area contributed by atoms with Crippen LogP contribution in [0.2, 0.25) is 0 Å². The smallest absolute Gasteiger partial charge is 0.321 e. The Morgan fingerprint density at radius 1 is 1.29 bits per heavy atom. The van der Waals surface area contributed by atoms with Crippen LogP contribution in [-0.4, -0.2) is 56.6 Å². The first-order chi connectivity index (χ1) is 7.69. The second kappa shape index (κ2) is 6.18. The van der Waals surface area contributed by atoms with Crippen LogP contribution in [0.1, 0.15) is 0 Å². The average Bonchev–Trinajstić information content (AvgIpc) is 2.77. The average molecular weight is 263 g/mol. The van der Waals surface area contributed by atoms with Gasteiger partial charge in [-0.25, -0.2) is 4.79 Å². The normalized spacial score (nSPS) is 27.1. The highest BCUT2D eigenvalue weighted by Crippen LogP contribution is 2.25. The molecule has 2 aliphatic rings. The van der Waals surface area contributed by atoms with Crippen LogP contribution in [0.5, 0.6) is 0 Å². The van der Waals surface area contributed by atoms with Gasteiger partial charge < -0.3 is 10.6 Å². The first kappa shape index (κ1) is 14.2. The zero-order valence-corrected chi connectivity index (χ0v) is 10.7. The zero-order chi connectivity index (χ0) is 11.5. The van der Waals surface area contributed by atoms with Crippen molar-refractivity contribution < 1.29 is 9.59 Å². The molecule has 0 aliphatic carbocycles. The van der Waals surface area contributed by atoms with E-state index in [1.165, 1.54) is 7.05 Å². The Bertz CT molecular complexity index is 288. The van der Waals surface area contributed by atoms with Crippen molar-refractivity contribution in [3.05, 3.63) is 0 Å². The van der Waals surface area contributed by atoms with Gasteiger partial charge in [0.2, 0.25) is 5.91 Å². The van der Waals surface area contributed by atoms with E-state index in [-0.39, 0.29) is 18.3 Å². The summed E-state index contributed by atoms with van der Waals surface area (Å²) in [7, 11) is 1.49. The number of halogens is 1. The van der Waals surface area contributed by atoms with E-state index in [2.05, 4.69) is 20.9 Å². The molecular weight excluding hydrogens is 244 g/mol. The highest BCUT2D eigenvalue weighted by Gasteiger charge is 2.36. The molecule has 0 unspecified atom stereocenters. The molecule has 17 heavy (non-hydrogen) atoms. The topological polar surface area (TPSA) is 73.5 Å². The monoisotopic (exact) mass is 262 g/mol. The standard InChI is InChI=1S/C10H18N4O2.ClH/c1-11-10(16)13-9(15)6-14-4-7-2-12-3-8(7)5-14;/h7-8,12H,2-6H2,1H3,(H2,11,13,15,16);1H/t7-,8+;. The van der Waals surface area contributed by atoms with Crippen LogP contribution < -0.4 is 16.0 Å². The van der Waals surface area contributed by atoms with Gasteiger partial charge in [0.05, 0.1) is 6.54 Å². The summed E-state index contributed by atoms with van der Waals surface area (Å²) >= 11 is 0. The van der Waals surface area contributed by atoms with Gasteiger partial charge in [0.25, 0.3) is 0 Å². The first-order valence-corrected chi connectivity index (χ1v) is 5.63. The second-order valence-corrected chi connectivity index (χ2v) is 4.50. The predicted molar refractivity (Wildman–Crippen MR) is 66.1 cm³/mol. The third-order valence-electron chi connectivity index (χ3n) is 3.31. The Balaban J connectivity index is 0.00000144. The van der Waals surface area contributed by atoms with Crippen LogP contribution >= 0.6 is 12.4 Å². The molecule has 3 amide bonds. The number of likely N-dealkylation sites (tertiary alicyclic amines) is 1. The van der Waals surface area contributed by atoms with E-state index in [0.29, 0.717) is 18.4 Å². The lowest BCUT2D eigenvalue weighted by Gasteiger charge is -2.15. The summed E-state index contributed by atoms with van der Waals surface area (Å²) in [6.45, 7) is 4.34. The van der Waals surface area contributed by atoms with Gasteiger partial charge in [0.1, 0.15) is 0 Å². The fourth-order valence-electron chi connectivity index (χ4n) is 2.51. The summed E-state index contributed by atoms with van der Waals surface area (Å²) < 4.78 is 0. The van der Waals surface area contributed by atoms with E-state index in [9.17, 15) is 9.59 Å². The second-order valence-electron chi connectivity index (χ2n) is 4.50. The van der Waals surface area contributed by atoms with Gasteiger partial charge in [0, 0.05) is 20.1 Å². The summed E-state index contributed by atoms with van der Waals surface area (Å²) in [4.78, 5) is 24.5. The highest BCUT2D eigenvalue weighted by atomic mass is 35.5. The van der Waals surface area contributed by atoms with E-state index in [1.807, 2.05) is 0 Å². The van der Waals surface area contributed by atoms with Gasteiger partial charge in [-0.2, -0.15) is 0 Å². The summed E-state index contributed by atoms with van der Waals surface area (Å²) in [5.41, 5.74) is 0. The van der Waals surface area contributed by atoms with Crippen LogP contribution in [0.3, 0.4) is 0 Å². The number of hydrogen-bond acceptors (Lipinski definition) is 4. The quantitative estimate of drug-likeness (QED) is 0.598. The van der Waals surface area contributed by atoms with E-state index < -0.39 is 6.03 Å². The van der Waals surface area contributed by atoms with Crippen molar-refractivity contribution in [1.82, 2.24) is 20.9 Å². The van der Waals surface area contributed by atoms with Crippen LogP contribution in [0, 0.1) is 11.8 Å². The Hall–Kier alpha value is -0.850. The molecule has 2 rings (SSSR count). The summed E-state index contributed by atoms with van der Waals surface area (Å²) in [6.07, 6.45) is 0. The minimum atomic E-state index is -0.439. The van der Waals surface area contributed by atoms with Crippen LogP contribution in [0.25, 0.3) is 0 Å². The van der Waals surface area contributed by atoms with E-state index in [1.54, 1.807) is 0 Å². The molecule has 3 N–H and O–H groups in total. The van der Waals surface area contributed by atoms with Crippen molar-refractivity contribution in [1.29, 1.82) is 0 Å². The zero-order valence-electron chi connectivity index (χ0n) is 9.86. The number of amides is 3. The molecule has 0 spiro atoms. The van der Waals surface area contributed by atoms with Crippen molar-refractivity contribution in [2.24, 2.45) is 11.8 Å². The fraction of sp³-hybridized carbons (Fsp3) is 0.800. The molecule has 0 aromatic carbocycles. The number of nitrogens with zero attached hydrogens (tertiary/aromatic N) is 1. The minimum Gasteiger partial charge on any atom is -0.341 e. The lowest BCUT2D eigenvalue weighted by atomic mass is 10.0. The molecule has 2 atom stereocenters. The molecular formula is C10H19ClN4O2. The molecule has 7 heteroatoms. The lowest BCUT2D eigenvalue weighted by Crippen LogP contribution is -2.43. The Labute approximate surface area is 107 Å². The number of hydrogen-bond donors (Lipinski definition) is 3. The molecule has 0 radical (unpaired) electrons. The molecule has 0 aromatic rings. The van der Waals surface area contributed by atoms with Gasteiger partial charge in [-0.1, -0.05) is 0 Å². The molecule has 98 valence electrons. The third-order valence-corrected chi connectivity index (χ3v) is 3.31. The van der Waals surface area contributed by atoms with Gasteiger partial charge in [-0.3, -0.25) is 15.0 Å². The molecule has 6 nitrogen and oxygen atoms in total. The van der Waals surface area contributed by atoms with E-state index >= 15 is 0 Å². The van der Waals surface area contributed by atoms with Crippen LogP contribution in [0.4, 0.5) is 4.79 Å². The molecule has 2 aliphatic heterocycles. The number of rotatable bonds is 2. The summed E-state index contributed by atoms with van der Waals surface area (Å²) in [6, 6.07) is -0.439. The van der Waals surface area contributed by atoms with Gasteiger partial charge in [-0.05, 0) is 24.9 Å². The third kappa shape index (κ3) is 3.55. The Morgan fingerprint density at radius 3 is 2.41 bits per heavy atom. The SMILES string of the molecule is CNC(=O)NC(=O)CN1C[C@H]2CNC[C@H]2C1.Cl. The molecule has 0 bridgehead atoms. The van der Waals surface area contributed by atoms with Crippen molar-refractivity contribution in [2.45, 2.75) is 0 Å². The maximum Gasteiger partial charge on any atom is 0.321 e. The molecule has 0 aromatic heterocycles. The minimum absolute atomic E-state index is 0. The number of nitrogens with one attached hydrogen (secondary N) is 3. The molecule has 2 heterocycles. The van der Waals surface area contributed by atoms with E-state index in [4.69, 9.17) is 0 Å². The largest absolute Gasteiger partial charge is 0.341 e. The number of carbonyl (C=O) groups is 2. The van der Waals surface area contributed by atoms with Crippen molar-refractivity contribution in [2.75, 3.05) is 39.8 Å². The highest BCUT2D eigenvalue weighted by molar-refractivity contribution is 5.95. The molecule has 2 saturated heterocycles. The van der Waals surface area contributed by atoms with Gasteiger partial charge >= 0.3 is 6.03 Å². The number of imide groups is 1. The van der Waals surface area contributed by atoms with Gasteiger partial charge in [-0.15, -0.1) is 12.4 Å². The fourth-order valence-corrected chi connectivity index (χ4v) is 2.51. The number of carbonyl (C=O) groups excluding carboxylic acids is 2. The Morgan fingerprint density at radius 2 is 1.88 bits per heavy atom. The van der Waals surface area contributed by atoms with Gasteiger partial charge in [0.15, 0.2) is 0 Å². The number of urea groups is 1. The van der Waals surface area contributed by atoms with Crippen LogP contribution in [0.15, 0.2) is 0 Å². The molecule has 0 saturated carbocycles. The van der Waals surface area contributed by atoms with Crippen molar-refractivity contribution in [3.63, 3.8) is 0 Å². The van der Waals surface area contributed by atoms with Crippen molar-refractivity contribution in [3.8, 4) is 0 Å². The Kier molecular flexibility index (Phi) is 5.17.